The standard InChI is InChI=1S/C40H58N6O10/c1-6-11-29(35(50)38(53)41-27-16-17-27)42-36(51)30-20-28(56-40(55)45-19-18-25-12-7-8-13-26(25)21-45)22-46(30)39(54)34(24(4)5)44-37(52)33(23(2)3)43-31(47)14-9-10-15-32(48)49/h7-8,12-13,23-24,27-30,33-34H,6,9-11,14-22H2,1-5H3,(H,41,53)(H,42,51)(H,43,47)(H,44,52)(H,48,49)/t28?,29?,30-,33-,34-/m0/s1. The van der Waals surface area contributed by atoms with Crippen LogP contribution in [0.5, 0.6) is 0 Å². The number of ether oxygens (including phenoxy) is 1. The number of carboxylic acid groups (broad SMARTS) is 1. The van der Waals surface area contributed by atoms with Gasteiger partial charge in [0.15, 0.2) is 0 Å². The number of carbonyl (C=O) groups excluding carboxylic acids is 7. The summed E-state index contributed by atoms with van der Waals surface area (Å²) < 4.78 is 5.92. The number of hydrogen-bond donors (Lipinski definition) is 5. The molecule has 1 aliphatic carbocycles. The number of Topliss-reactive ketones (excluding diaryl/α,β-unsaturated/α-hetero) is 1. The molecule has 4 rings (SSSR count). The van der Waals surface area contributed by atoms with Crippen molar-refractivity contribution >= 4 is 47.4 Å². The van der Waals surface area contributed by atoms with Gasteiger partial charge in [-0.15, -0.1) is 0 Å². The van der Waals surface area contributed by atoms with Crippen LogP contribution in [0.3, 0.4) is 0 Å². The molecule has 56 heavy (non-hydrogen) atoms. The van der Waals surface area contributed by atoms with Gasteiger partial charge >= 0.3 is 12.1 Å². The molecule has 308 valence electrons. The van der Waals surface area contributed by atoms with Gasteiger partial charge in [-0.25, -0.2) is 4.79 Å². The van der Waals surface area contributed by atoms with Crippen LogP contribution in [0.15, 0.2) is 24.3 Å². The molecule has 0 radical (unpaired) electrons. The van der Waals surface area contributed by atoms with Crippen LogP contribution in [-0.2, 0) is 51.3 Å². The summed E-state index contributed by atoms with van der Waals surface area (Å²) >= 11 is 0. The zero-order valence-corrected chi connectivity index (χ0v) is 33.1. The summed E-state index contributed by atoms with van der Waals surface area (Å²) in [7, 11) is 0. The van der Waals surface area contributed by atoms with Crippen molar-refractivity contribution in [2.45, 2.75) is 142 Å². The Kier molecular flexibility index (Phi) is 15.8. The third-order valence-electron chi connectivity index (χ3n) is 10.4. The van der Waals surface area contributed by atoms with Gasteiger partial charge in [0, 0.05) is 38.4 Å². The van der Waals surface area contributed by atoms with E-state index in [9.17, 15) is 38.4 Å². The fourth-order valence-corrected chi connectivity index (χ4v) is 6.99. The molecule has 5 N–H and O–H groups in total. The van der Waals surface area contributed by atoms with Gasteiger partial charge in [-0.05, 0) is 61.5 Å². The predicted octanol–water partition coefficient (Wildman–Crippen LogP) is 2.21. The van der Waals surface area contributed by atoms with Gasteiger partial charge in [0.25, 0.3) is 5.91 Å². The molecule has 0 spiro atoms. The Morgan fingerprint density at radius 2 is 1.54 bits per heavy atom. The summed E-state index contributed by atoms with van der Waals surface area (Å²) in [5, 5.41) is 19.7. The van der Waals surface area contributed by atoms with Gasteiger partial charge in [-0.1, -0.05) is 65.3 Å². The number of rotatable bonds is 19. The minimum absolute atomic E-state index is 0.0225. The number of benzene rings is 1. The van der Waals surface area contributed by atoms with Crippen LogP contribution in [0, 0.1) is 11.8 Å². The van der Waals surface area contributed by atoms with Crippen molar-refractivity contribution in [3.05, 3.63) is 35.4 Å². The van der Waals surface area contributed by atoms with E-state index in [-0.39, 0.29) is 44.2 Å². The molecule has 2 aliphatic heterocycles. The number of nitrogens with zero attached hydrogens (tertiary/aromatic N) is 2. The van der Waals surface area contributed by atoms with Crippen LogP contribution in [0.2, 0.25) is 0 Å². The van der Waals surface area contributed by atoms with Gasteiger partial charge in [-0.3, -0.25) is 33.6 Å². The van der Waals surface area contributed by atoms with Crippen molar-refractivity contribution in [3.63, 3.8) is 0 Å². The maximum Gasteiger partial charge on any atom is 0.410 e. The van der Waals surface area contributed by atoms with Gasteiger partial charge in [-0.2, -0.15) is 0 Å². The first-order valence-corrected chi connectivity index (χ1v) is 19.9. The van der Waals surface area contributed by atoms with E-state index < -0.39 is 83.6 Å². The number of unbranched alkanes of at least 4 members (excludes halogenated alkanes) is 1. The van der Waals surface area contributed by atoms with Gasteiger partial charge in [0.05, 0.1) is 12.6 Å². The Hall–Kier alpha value is -5.02. The van der Waals surface area contributed by atoms with Gasteiger partial charge in [0.1, 0.15) is 24.2 Å². The highest BCUT2D eigenvalue weighted by atomic mass is 16.6. The topological polar surface area (TPSA) is 221 Å². The maximum atomic E-state index is 14.4. The van der Waals surface area contributed by atoms with Crippen LogP contribution in [-0.4, -0.2) is 112 Å². The minimum atomic E-state index is -1.20. The van der Waals surface area contributed by atoms with E-state index in [1.807, 2.05) is 31.2 Å². The quantitative estimate of drug-likeness (QED) is 0.102. The smallest absolute Gasteiger partial charge is 0.410 e. The highest BCUT2D eigenvalue weighted by molar-refractivity contribution is 6.38. The third-order valence-corrected chi connectivity index (χ3v) is 10.4. The second-order valence-corrected chi connectivity index (χ2v) is 15.8. The zero-order chi connectivity index (χ0) is 41.1. The lowest BCUT2D eigenvalue weighted by Crippen LogP contribution is -2.59. The molecule has 16 nitrogen and oxygen atoms in total. The average molecular weight is 783 g/mol. The first-order valence-electron chi connectivity index (χ1n) is 19.9. The molecule has 2 fully saturated rings. The van der Waals surface area contributed by atoms with Crippen LogP contribution < -0.4 is 21.3 Å². The van der Waals surface area contributed by atoms with Gasteiger partial charge < -0.3 is 40.9 Å². The van der Waals surface area contributed by atoms with E-state index >= 15 is 0 Å². The van der Waals surface area contributed by atoms with Crippen LogP contribution in [0.4, 0.5) is 4.79 Å². The number of amides is 6. The van der Waals surface area contributed by atoms with Crippen molar-refractivity contribution in [3.8, 4) is 0 Å². The lowest BCUT2D eigenvalue weighted by molar-refractivity contribution is -0.144. The molecule has 1 aromatic carbocycles. The van der Waals surface area contributed by atoms with E-state index in [2.05, 4.69) is 21.3 Å². The molecule has 1 saturated carbocycles. The monoisotopic (exact) mass is 782 g/mol. The highest BCUT2D eigenvalue weighted by Crippen LogP contribution is 2.26. The van der Waals surface area contributed by atoms with E-state index in [0.29, 0.717) is 38.8 Å². The van der Waals surface area contributed by atoms with E-state index in [1.165, 1.54) is 4.90 Å². The molecule has 2 unspecified atom stereocenters. The number of fused-ring (bicyclic) bond motifs is 1. The number of likely N-dealkylation sites (tertiary alicyclic amines) is 1. The van der Waals surface area contributed by atoms with Crippen LogP contribution >= 0.6 is 0 Å². The Bertz CT molecular complexity index is 1630. The molecule has 6 amide bonds. The number of nitrogens with one attached hydrogen (secondary N) is 4. The maximum absolute atomic E-state index is 14.4. The van der Waals surface area contributed by atoms with E-state index in [4.69, 9.17) is 9.84 Å². The molecule has 1 aromatic rings. The van der Waals surface area contributed by atoms with E-state index in [1.54, 1.807) is 32.6 Å². The number of aliphatic carboxylic acids is 1. The summed E-state index contributed by atoms with van der Waals surface area (Å²) in [4.78, 5) is 108. The molecular formula is C40H58N6O10. The van der Waals surface area contributed by atoms with Crippen molar-refractivity contribution in [2.24, 2.45) is 11.8 Å². The number of carbonyl (C=O) groups is 8. The Morgan fingerprint density at radius 1 is 0.875 bits per heavy atom. The van der Waals surface area contributed by atoms with Crippen molar-refractivity contribution in [1.29, 1.82) is 0 Å². The molecule has 1 saturated heterocycles. The molecule has 5 atom stereocenters. The SMILES string of the molecule is CCCC(NC(=O)[C@@H]1CC(OC(=O)N2CCc3ccccc3C2)CN1C(=O)[C@@H](NC(=O)[C@@H](NC(=O)CCCCC(=O)O)C(C)C)C(C)C)C(=O)C(=O)NC1CC1. The summed E-state index contributed by atoms with van der Waals surface area (Å²) in [5.74, 6) is -5.75. The molecule has 16 heteroatoms. The Morgan fingerprint density at radius 3 is 2.16 bits per heavy atom. The zero-order valence-electron chi connectivity index (χ0n) is 33.1. The lowest BCUT2D eigenvalue weighted by Gasteiger charge is -2.32. The molecule has 2 heterocycles. The average Bonchev–Trinajstić information content (AvgIpc) is 3.88. The highest BCUT2D eigenvalue weighted by Gasteiger charge is 2.46. The number of carboxylic acids is 1. The normalized spacial score (nSPS) is 19.3. The second-order valence-electron chi connectivity index (χ2n) is 15.8. The first-order chi connectivity index (χ1) is 26.6. The second kappa shape index (κ2) is 20.2. The van der Waals surface area contributed by atoms with Crippen LogP contribution in [0.25, 0.3) is 0 Å². The van der Waals surface area contributed by atoms with Crippen molar-refractivity contribution in [2.75, 3.05) is 13.1 Å². The summed E-state index contributed by atoms with van der Waals surface area (Å²) in [6.07, 6.45) is 1.86. The van der Waals surface area contributed by atoms with Crippen molar-refractivity contribution in [1.82, 2.24) is 31.1 Å². The lowest BCUT2D eigenvalue weighted by atomic mass is 9.98. The van der Waals surface area contributed by atoms with Gasteiger partial charge in [0.2, 0.25) is 29.4 Å². The molecule has 0 aromatic heterocycles. The van der Waals surface area contributed by atoms with E-state index in [0.717, 1.165) is 24.0 Å². The number of hydrogen-bond acceptors (Lipinski definition) is 9. The Labute approximate surface area is 328 Å². The largest absolute Gasteiger partial charge is 0.481 e. The van der Waals surface area contributed by atoms with Crippen molar-refractivity contribution < 1.29 is 48.2 Å². The number of ketones is 1. The minimum Gasteiger partial charge on any atom is -0.481 e. The summed E-state index contributed by atoms with van der Waals surface area (Å²) in [6.45, 7) is 9.33. The first kappa shape index (κ1) is 43.7. The fraction of sp³-hybridized carbons (Fsp3) is 0.650. The predicted molar refractivity (Wildman–Crippen MR) is 204 cm³/mol. The molecule has 3 aliphatic rings. The molecular weight excluding hydrogens is 724 g/mol. The third kappa shape index (κ3) is 12.2. The molecule has 0 bridgehead atoms. The fourth-order valence-electron chi connectivity index (χ4n) is 6.99. The summed E-state index contributed by atoms with van der Waals surface area (Å²) in [5.41, 5.74) is 2.14. The Balaban J connectivity index is 1.51. The summed E-state index contributed by atoms with van der Waals surface area (Å²) in [6, 6.07) is 3.23. The van der Waals surface area contributed by atoms with Crippen LogP contribution in [0.1, 0.15) is 104 Å².